The maximum absolute atomic E-state index is 13.1. The third-order valence-electron chi connectivity index (χ3n) is 6.11. The van der Waals surface area contributed by atoms with E-state index in [-0.39, 0.29) is 21.3 Å². The van der Waals surface area contributed by atoms with Crippen molar-refractivity contribution in [2.75, 3.05) is 4.90 Å². The van der Waals surface area contributed by atoms with Crippen LogP contribution in [0.4, 0.5) is 10.5 Å². The van der Waals surface area contributed by atoms with E-state index in [1.54, 1.807) is 24.3 Å². The van der Waals surface area contributed by atoms with Gasteiger partial charge in [0, 0.05) is 5.56 Å². The topological polar surface area (TPSA) is 75.7 Å². The average Bonchev–Trinajstić information content (AvgIpc) is 2.88. The van der Waals surface area contributed by atoms with Crippen LogP contribution in [0.25, 0.3) is 16.8 Å². The molecule has 4 aromatic carbocycles. The van der Waals surface area contributed by atoms with Crippen molar-refractivity contribution < 1.29 is 19.1 Å². The number of imide groups is 2. The summed E-state index contributed by atoms with van der Waals surface area (Å²) < 4.78 is 6.03. The van der Waals surface area contributed by atoms with E-state index in [1.165, 1.54) is 24.3 Å². The number of urea groups is 1. The fourth-order valence-electron chi connectivity index (χ4n) is 4.14. The molecular formula is C29H20Cl2N2O4. The summed E-state index contributed by atoms with van der Waals surface area (Å²) >= 11 is 12.0. The highest BCUT2D eigenvalue weighted by molar-refractivity contribution is 6.43. The predicted octanol–water partition coefficient (Wildman–Crippen LogP) is 6.70. The highest BCUT2D eigenvalue weighted by Gasteiger charge is 2.37. The lowest BCUT2D eigenvalue weighted by Crippen LogP contribution is -2.54. The number of halogens is 2. The minimum Gasteiger partial charge on any atom is -0.489 e. The molecular weight excluding hydrogens is 511 g/mol. The summed E-state index contributed by atoms with van der Waals surface area (Å²) in [7, 11) is 0. The average molecular weight is 531 g/mol. The quantitative estimate of drug-likeness (QED) is 0.230. The maximum atomic E-state index is 13.1. The van der Waals surface area contributed by atoms with Gasteiger partial charge < -0.3 is 4.74 Å². The van der Waals surface area contributed by atoms with Gasteiger partial charge in [-0.1, -0.05) is 71.7 Å². The number of amides is 4. The molecule has 8 heteroatoms. The number of carbonyl (C=O) groups excluding carboxylic acids is 3. The van der Waals surface area contributed by atoms with E-state index in [9.17, 15) is 14.4 Å². The number of barbiturate groups is 1. The Kier molecular flexibility index (Phi) is 6.70. The molecule has 0 bridgehead atoms. The monoisotopic (exact) mass is 530 g/mol. The third-order valence-corrected chi connectivity index (χ3v) is 6.85. The largest absolute Gasteiger partial charge is 0.489 e. The van der Waals surface area contributed by atoms with Gasteiger partial charge in [-0.3, -0.25) is 14.9 Å². The highest BCUT2D eigenvalue weighted by atomic mass is 35.5. The van der Waals surface area contributed by atoms with Gasteiger partial charge in [0.05, 0.1) is 15.7 Å². The third kappa shape index (κ3) is 4.94. The molecule has 1 aliphatic heterocycles. The second-order valence-electron chi connectivity index (χ2n) is 8.50. The fourth-order valence-corrected chi connectivity index (χ4v) is 4.43. The summed E-state index contributed by atoms with van der Waals surface area (Å²) in [6, 6.07) is 22.8. The van der Waals surface area contributed by atoms with Gasteiger partial charge in [-0.15, -0.1) is 0 Å². The van der Waals surface area contributed by atoms with Crippen molar-refractivity contribution >= 4 is 63.6 Å². The summed E-state index contributed by atoms with van der Waals surface area (Å²) in [5.41, 5.74) is 2.85. The summed E-state index contributed by atoms with van der Waals surface area (Å²) in [6.45, 7) is 2.45. The number of hydrogen-bond donors (Lipinski definition) is 1. The smallest absolute Gasteiger partial charge is 0.335 e. The zero-order valence-corrected chi connectivity index (χ0v) is 21.1. The molecule has 1 aliphatic rings. The van der Waals surface area contributed by atoms with Crippen LogP contribution >= 0.6 is 23.2 Å². The van der Waals surface area contributed by atoms with Gasteiger partial charge in [0.1, 0.15) is 17.9 Å². The number of fused-ring (bicyclic) bond motifs is 1. The SMILES string of the molecule is Cc1ccc2ccccc2c1COc1ccc(/C=C2\C(=O)NC(=O)N(c3ccc(Cl)c(Cl)c3)C2=O)cc1. The Morgan fingerprint density at radius 2 is 1.65 bits per heavy atom. The van der Waals surface area contributed by atoms with Crippen molar-refractivity contribution in [3.05, 3.63) is 111 Å². The molecule has 0 unspecified atom stereocenters. The van der Waals surface area contributed by atoms with Crippen LogP contribution in [0.3, 0.4) is 0 Å². The molecule has 4 aromatic rings. The molecule has 0 saturated carbocycles. The number of benzene rings is 4. The van der Waals surface area contributed by atoms with E-state index in [0.717, 1.165) is 26.8 Å². The maximum Gasteiger partial charge on any atom is 0.335 e. The van der Waals surface area contributed by atoms with Crippen molar-refractivity contribution in [3.63, 3.8) is 0 Å². The zero-order valence-electron chi connectivity index (χ0n) is 19.6. The van der Waals surface area contributed by atoms with Crippen LogP contribution in [0.1, 0.15) is 16.7 Å². The second-order valence-corrected chi connectivity index (χ2v) is 9.31. The fraction of sp³-hybridized carbons (Fsp3) is 0.0690. The van der Waals surface area contributed by atoms with Gasteiger partial charge in [-0.2, -0.15) is 0 Å². The lowest BCUT2D eigenvalue weighted by molar-refractivity contribution is -0.122. The van der Waals surface area contributed by atoms with Crippen LogP contribution in [0.5, 0.6) is 5.75 Å². The zero-order chi connectivity index (χ0) is 26.1. The Bertz CT molecular complexity index is 1600. The Morgan fingerprint density at radius 1 is 0.892 bits per heavy atom. The van der Waals surface area contributed by atoms with Crippen LogP contribution in [0.15, 0.2) is 84.4 Å². The molecule has 0 radical (unpaired) electrons. The first kappa shape index (κ1) is 24.6. The van der Waals surface area contributed by atoms with E-state index in [0.29, 0.717) is 17.9 Å². The second kappa shape index (κ2) is 10.1. The number of aryl methyl sites for hydroxylation is 1. The molecule has 1 fully saturated rings. The van der Waals surface area contributed by atoms with E-state index >= 15 is 0 Å². The molecule has 0 aliphatic carbocycles. The molecule has 6 nitrogen and oxygen atoms in total. The summed E-state index contributed by atoms with van der Waals surface area (Å²) in [6.07, 6.45) is 1.42. The van der Waals surface area contributed by atoms with Crippen molar-refractivity contribution in [2.45, 2.75) is 13.5 Å². The lowest BCUT2D eigenvalue weighted by Gasteiger charge is -2.26. The van der Waals surface area contributed by atoms with E-state index in [4.69, 9.17) is 27.9 Å². The molecule has 1 heterocycles. The predicted molar refractivity (Wildman–Crippen MR) is 145 cm³/mol. The van der Waals surface area contributed by atoms with Gasteiger partial charge >= 0.3 is 6.03 Å². The molecule has 0 atom stereocenters. The van der Waals surface area contributed by atoms with E-state index in [2.05, 4.69) is 36.5 Å². The van der Waals surface area contributed by atoms with E-state index < -0.39 is 17.8 Å². The minimum atomic E-state index is -0.863. The van der Waals surface area contributed by atoms with Crippen molar-refractivity contribution in [3.8, 4) is 5.75 Å². The molecule has 1 N–H and O–H groups in total. The van der Waals surface area contributed by atoms with Crippen LogP contribution in [-0.4, -0.2) is 17.8 Å². The number of nitrogens with zero attached hydrogens (tertiary/aromatic N) is 1. The minimum absolute atomic E-state index is 0.177. The van der Waals surface area contributed by atoms with Gasteiger partial charge in [-0.25, -0.2) is 9.69 Å². The molecule has 0 aromatic heterocycles. The van der Waals surface area contributed by atoms with Crippen molar-refractivity contribution in [2.24, 2.45) is 0 Å². The van der Waals surface area contributed by atoms with Crippen LogP contribution in [0.2, 0.25) is 10.0 Å². The summed E-state index contributed by atoms with van der Waals surface area (Å²) in [5.74, 6) is -0.904. The molecule has 37 heavy (non-hydrogen) atoms. The van der Waals surface area contributed by atoms with Gasteiger partial charge in [0.15, 0.2) is 0 Å². The number of carbonyl (C=O) groups is 3. The molecule has 4 amide bonds. The molecule has 5 rings (SSSR count). The number of rotatable bonds is 5. The number of hydrogen-bond acceptors (Lipinski definition) is 4. The molecule has 184 valence electrons. The Balaban J connectivity index is 1.35. The van der Waals surface area contributed by atoms with Gasteiger partial charge in [0.25, 0.3) is 11.8 Å². The Hall–Kier alpha value is -4.13. The lowest BCUT2D eigenvalue weighted by atomic mass is 10.0. The van der Waals surface area contributed by atoms with Crippen molar-refractivity contribution in [1.29, 1.82) is 0 Å². The first-order chi connectivity index (χ1) is 17.8. The molecule has 0 spiro atoms. The standard InChI is InChI=1S/C29H20Cl2N2O4/c1-17-6-9-19-4-2-3-5-22(19)24(17)16-37-21-11-7-18(8-12-21)14-23-27(34)32-29(36)33(28(23)35)20-10-13-25(30)26(31)15-20/h2-15H,16H2,1H3,(H,32,34,36)/b23-14+. The molecule has 1 saturated heterocycles. The Labute approximate surface area is 223 Å². The summed E-state index contributed by atoms with van der Waals surface area (Å²) in [5, 5.41) is 4.94. The van der Waals surface area contributed by atoms with Crippen LogP contribution in [-0.2, 0) is 16.2 Å². The number of ether oxygens (including phenoxy) is 1. The normalized spacial score (nSPS) is 14.8. The van der Waals surface area contributed by atoms with E-state index in [1.807, 2.05) is 12.1 Å². The Morgan fingerprint density at radius 3 is 2.41 bits per heavy atom. The van der Waals surface area contributed by atoms with Crippen LogP contribution < -0.4 is 15.0 Å². The summed E-state index contributed by atoms with van der Waals surface area (Å²) in [4.78, 5) is 38.8. The number of nitrogens with one attached hydrogen (secondary N) is 1. The number of anilines is 1. The van der Waals surface area contributed by atoms with Gasteiger partial charge in [-0.05, 0) is 65.2 Å². The first-order valence-corrected chi connectivity index (χ1v) is 12.1. The van der Waals surface area contributed by atoms with Crippen LogP contribution in [0, 0.1) is 6.92 Å². The van der Waals surface area contributed by atoms with Crippen molar-refractivity contribution in [1.82, 2.24) is 5.32 Å². The highest BCUT2D eigenvalue weighted by Crippen LogP contribution is 2.30. The van der Waals surface area contributed by atoms with Gasteiger partial charge in [0.2, 0.25) is 0 Å². The first-order valence-electron chi connectivity index (χ1n) is 11.4.